The van der Waals surface area contributed by atoms with E-state index in [1.807, 2.05) is 0 Å². The molecule has 4 rings (SSSR count). The van der Waals surface area contributed by atoms with Crippen LogP contribution < -0.4 is 5.32 Å². The van der Waals surface area contributed by atoms with Crippen LogP contribution in [0.25, 0.3) is 0 Å². The maximum absolute atomic E-state index is 13.8. The van der Waals surface area contributed by atoms with Crippen molar-refractivity contribution in [1.82, 2.24) is 15.1 Å². The number of non-ortho nitro benzene ring substituents is 2. The number of likely N-dealkylation sites (tertiary alicyclic amines) is 1. The van der Waals surface area contributed by atoms with Crippen LogP contribution in [0.2, 0.25) is 0 Å². The first-order chi connectivity index (χ1) is 20.2. The normalized spacial score (nSPS) is 18.3. The predicted molar refractivity (Wildman–Crippen MR) is 145 cm³/mol. The number of carbonyl (C=O) groups excluding carboxylic acids is 3. The van der Waals surface area contributed by atoms with E-state index in [-0.39, 0.29) is 50.1 Å². The smallest absolute Gasteiger partial charge is 0.445 e. The van der Waals surface area contributed by atoms with Crippen LogP contribution in [-0.4, -0.2) is 82.7 Å². The van der Waals surface area contributed by atoms with Gasteiger partial charge < -0.3 is 24.4 Å². The molecule has 2 heterocycles. The Morgan fingerprint density at radius 2 is 1.36 bits per heavy atom. The maximum atomic E-state index is 13.8. The second kappa shape index (κ2) is 13.7. The van der Waals surface area contributed by atoms with E-state index in [1.54, 1.807) is 4.90 Å². The number of amides is 2. The molecule has 2 amide bonds. The van der Waals surface area contributed by atoms with Crippen molar-refractivity contribution >= 4 is 29.5 Å². The average molecular weight is 586 g/mol. The van der Waals surface area contributed by atoms with E-state index in [4.69, 9.17) is 14.2 Å². The molecule has 0 radical (unpaired) electrons. The molecule has 0 aliphatic carbocycles. The monoisotopic (exact) mass is 585 g/mol. The number of nitro benzene ring substituents is 2. The highest BCUT2D eigenvalue weighted by Gasteiger charge is 2.52. The molecule has 224 valence electrons. The van der Waals surface area contributed by atoms with Gasteiger partial charge in [0.2, 0.25) is 5.91 Å². The molecule has 1 atom stereocenters. The lowest BCUT2D eigenvalue weighted by atomic mass is 9.90. The number of piperazine rings is 1. The van der Waals surface area contributed by atoms with Crippen LogP contribution in [0, 0.1) is 20.2 Å². The zero-order chi connectivity index (χ0) is 30.1. The quantitative estimate of drug-likeness (QED) is 0.245. The van der Waals surface area contributed by atoms with Crippen molar-refractivity contribution in [2.24, 2.45) is 0 Å². The van der Waals surface area contributed by atoms with Gasteiger partial charge in [0, 0.05) is 63.4 Å². The summed E-state index contributed by atoms with van der Waals surface area (Å²) < 4.78 is 15.9. The van der Waals surface area contributed by atoms with Gasteiger partial charge in [0.05, 0.1) is 16.5 Å². The van der Waals surface area contributed by atoms with Gasteiger partial charge in [0.25, 0.3) is 11.4 Å². The molecule has 42 heavy (non-hydrogen) atoms. The van der Waals surface area contributed by atoms with Gasteiger partial charge in [0.15, 0.2) is 0 Å². The lowest BCUT2D eigenvalue weighted by Crippen LogP contribution is -2.61. The molecular weight excluding hydrogens is 554 g/mol. The summed E-state index contributed by atoms with van der Waals surface area (Å²) in [5.74, 6) is -0.253. The van der Waals surface area contributed by atoms with Crippen molar-refractivity contribution in [3.05, 3.63) is 79.9 Å². The van der Waals surface area contributed by atoms with Crippen molar-refractivity contribution in [3.8, 4) is 0 Å². The Labute approximate surface area is 240 Å². The number of nitrogens with one attached hydrogen (secondary N) is 1. The zero-order valence-electron chi connectivity index (χ0n) is 22.8. The molecule has 0 spiro atoms. The lowest BCUT2D eigenvalue weighted by Gasteiger charge is -2.41. The summed E-state index contributed by atoms with van der Waals surface area (Å²) in [6.45, 7) is 1.90. The Hall–Kier alpha value is -4.79. The Morgan fingerprint density at radius 1 is 0.810 bits per heavy atom. The van der Waals surface area contributed by atoms with E-state index < -0.39 is 27.6 Å². The van der Waals surface area contributed by atoms with Gasteiger partial charge >= 0.3 is 12.2 Å². The number of nitrogens with zero attached hydrogens (tertiary/aromatic N) is 4. The number of ether oxygens (including phenoxy) is 3. The minimum Gasteiger partial charge on any atom is -0.445 e. The molecule has 15 heteroatoms. The SMILES string of the molecule is O=C(OCCC1(C(=O)N2CCNCC2)CCCN1C(=O)OCc1ccc([N+](=O)[O-])cc1)OCc1ccc([N+](=O)[O-])cc1. The lowest BCUT2D eigenvalue weighted by molar-refractivity contribution is -0.385. The summed E-state index contributed by atoms with van der Waals surface area (Å²) in [6.07, 6.45) is -0.785. The summed E-state index contributed by atoms with van der Waals surface area (Å²) in [5, 5.41) is 24.9. The van der Waals surface area contributed by atoms with Crippen molar-refractivity contribution in [3.63, 3.8) is 0 Å². The number of hydrogen-bond donors (Lipinski definition) is 1. The van der Waals surface area contributed by atoms with Crippen LogP contribution in [-0.2, 0) is 32.2 Å². The van der Waals surface area contributed by atoms with E-state index in [0.29, 0.717) is 50.1 Å². The van der Waals surface area contributed by atoms with E-state index in [2.05, 4.69) is 5.32 Å². The third-order valence-corrected chi connectivity index (χ3v) is 7.26. The number of carbonyl (C=O) groups is 3. The van der Waals surface area contributed by atoms with Gasteiger partial charge in [-0.3, -0.25) is 29.9 Å². The minimum absolute atomic E-state index is 0.0228. The van der Waals surface area contributed by atoms with Crippen LogP contribution in [0.3, 0.4) is 0 Å². The minimum atomic E-state index is -1.29. The Bertz CT molecular complexity index is 1300. The van der Waals surface area contributed by atoms with Crippen molar-refractivity contribution in [2.75, 3.05) is 39.3 Å². The van der Waals surface area contributed by atoms with Crippen molar-refractivity contribution < 1.29 is 38.4 Å². The molecule has 2 aliphatic rings. The molecule has 0 aromatic heterocycles. The second-order valence-electron chi connectivity index (χ2n) is 9.87. The van der Waals surface area contributed by atoms with Gasteiger partial charge in [0.1, 0.15) is 18.8 Å². The summed E-state index contributed by atoms with van der Waals surface area (Å²) in [5.41, 5.74) is -0.390. The number of rotatable bonds is 10. The van der Waals surface area contributed by atoms with Crippen molar-refractivity contribution in [2.45, 2.75) is 38.0 Å². The fraction of sp³-hybridized carbons (Fsp3) is 0.444. The third kappa shape index (κ3) is 7.28. The fourth-order valence-corrected chi connectivity index (χ4v) is 5.03. The molecule has 0 saturated carbocycles. The Morgan fingerprint density at radius 3 is 1.90 bits per heavy atom. The zero-order valence-corrected chi connectivity index (χ0v) is 22.8. The van der Waals surface area contributed by atoms with Crippen LogP contribution in [0.5, 0.6) is 0 Å². The number of hydrogen-bond acceptors (Lipinski definition) is 11. The molecule has 15 nitrogen and oxygen atoms in total. The Balaban J connectivity index is 1.38. The van der Waals surface area contributed by atoms with Crippen LogP contribution >= 0.6 is 0 Å². The molecule has 1 N–H and O–H groups in total. The topological polar surface area (TPSA) is 184 Å². The standard InChI is InChI=1S/C27H31N5O10/c33-24(29-15-12-28-13-16-29)27(11-17-40-26(35)42-19-21-4-8-23(9-5-21)32(38)39)10-1-14-30(27)25(34)41-18-20-2-6-22(7-3-20)31(36)37/h2-9,28H,1,10-19H2. The fourth-order valence-electron chi connectivity index (χ4n) is 5.03. The molecule has 2 aliphatic heterocycles. The molecule has 0 bridgehead atoms. The van der Waals surface area contributed by atoms with E-state index in [1.165, 1.54) is 53.4 Å². The summed E-state index contributed by atoms with van der Waals surface area (Å²) >= 11 is 0. The first-order valence-corrected chi connectivity index (χ1v) is 13.4. The van der Waals surface area contributed by atoms with Gasteiger partial charge in [-0.15, -0.1) is 0 Å². The first kappa shape index (κ1) is 30.2. The molecule has 2 aromatic rings. The highest BCUT2D eigenvalue weighted by Crippen LogP contribution is 2.36. The predicted octanol–water partition coefficient (Wildman–Crippen LogP) is 3.15. The van der Waals surface area contributed by atoms with Crippen molar-refractivity contribution in [1.29, 1.82) is 0 Å². The second-order valence-corrected chi connectivity index (χ2v) is 9.87. The van der Waals surface area contributed by atoms with Gasteiger partial charge in [-0.1, -0.05) is 0 Å². The van der Waals surface area contributed by atoms with Gasteiger partial charge in [-0.2, -0.15) is 0 Å². The molecule has 1 unspecified atom stereocenters. The third-order valence-electron chi connectivity index (χ3n) is 7.26. The van der Waals surface area contributed by atoms with E-state index >= 15 is 0 Å². The summed E-state index contributed by atoms with van der Waals surface area (Å²) in [4.78, 5) is 63.1. The van der Waals surface area contributed by atoms with Gasteiger partial charge in [-0.05, 0) is 48.2 Å². The van der Waals surface area contributed by atoms with E-state index in [9.17, 15) is 34.6 Å². The van der Waals surface area contributed by atoms with Crippen LogP contribution in [0.15, 0.2) is 48.5 Å². The summed E-state index contributed by atoms with van der Waals surface area (Å²) in [7, 11) is 0. The Kier molecular flexibility index (Phi) is 9.85. The summed E-state index contributed by atoms with van der Waals surface area (Å²) in [6, 6.07) is 11.1. The number of benzene rings is 2. The molecule has 2 aromatic carbocycles. The van der Waals surface area contributed by atoms with Crippen LogP contribution in [0.4, 0.5) is 21.0 Å². The average Bonchev–Trinajstić information content (AvgIpc) is 3.44. The largest absolute Gasteiger partial charge is 0.508 e. The number of nitro groups is 2. The molecule has 2 fully saturated rings. The molecule has 2 saturated heterocycles. The van der Waals surface area contributed by atoms with Crippen LogP contribution in [0.1, 0.15) is 30.4 Å². The first-order valence-electron chi connectivity index (χ1n) is 13.4. The highest BCUT2D eigenvalue weighted by molar-refractivity contribution is 5.90. The maximum Gasteiger partial charge on any atom is 0.508 e. The van der Waals surface area contributed by atoms with Gasteiger partial charge in [-0.25, -0.2) is 9.59 Å². The van der Waals surface area contributed by atoms with E-state index in [0.717, 1.165) is 0 Å². The highest BCUT2D eigenvalue weighted by atomic mass is 16.7. The molecular formula is C27H31N5O10.